The lowest BCUT2D eigenvalue weighted by Crippen LogP contribution is -1.93. The average Bonchev–Trinajstić information content (AvgIpc) is 2.78. The topological polar surface area (TPSA) is 46.3 Å². The number of phenols is 1. The van der Waals surface area contributed by atoms with Crippen molar-refractivity contribution in [2.45, 2.75) is 0 Å². The number of halogens is 3. The molecule has 0 saturated carbocycles. The smallest absolute Gasteiger partial charge is 0.230 e. The average molecular weight is 265 g/mol. The summed E-state index contributed by atoms with van der Waals surface area (Å²) in [6, 6.07) is 5.98. The maximum absolute atomic E-state index is 13.6. The van der Waals surface area contributed by atoms with E-state index >= 15 is 0 Å². The van der Waals surface area contributed by atoms with Crippen molar-refractivity contribution >= 4 is 11.1 Å². The van der Waals surface area contributed by atoms with Crippen molar-refractivity contribution in [3.63, 3.8) is 0 Å². The Bertz CT molecular complexity index is 783. The van der Waals surface area contributed by atoms with Crippen molar-refractivity contribution in [1.82, 2.24) is 4.98 Å². The fourth-order valence-corrected chi connectivity index (χ4v) is 1.72. The lowest BCUT2D eigenvalue weighted by Gasteiger charge is -1.99. The van der Waals surface area contributed by atoms with E-state index in [-0.39, 0.29) is 22.8 Å². The molecule has 3 aromatic rings. The van der Waals surface area contributed by atoms with Gasteiger partial charge >= 0.3 is 0 Å². The number of hydrogen-bond acceptors (Lipinski definition) is 3. The number of hydrogen-bond donors (Lipinski definition) is 1. The van der Waals surface area contributed by atoms with Crippen LogP contribution < -0.4 is 0 Å². The van der Waals surface area contributed by atoms with Crippen molar-refractivity contribution in [2.75, 3.05) is 0 Å². The van der Waals surface area contributed by atoms with Crippen LogP contribution in [0, 0.1) is 17.5 Å². The molecule has 0 unspecified atom stereocenters. The molecule has 1 aromatic heterocycles. The summed E-state index contributed by atoms with van der Waals surface area (Å²) in [7, 11) is 0. The molecule has 0 spiro atoms. The van der Waals surface area contributed by atoms with Crippen LogP contribution in [-0.4, -0.2) is 10.1 Å². The number of benzene rings is 2. The highest BCUT2D eigenvalue weighted by atomic mass is 19.2. The first-order valence-corrected chi connectivity index (χ1v) is 5.29. The normalized spacial score (nSPS) is 11.1. The van der Waals surface area contributed by atoms with Crippen LogP contribution in [0.2, 0.25) is 0 Å². The maximum Gasteiger partial charge on any atom is 0.230 e. The molecule has 0 radical (unpaired) electrons. The van der Waals surface area contributed by atoms with E-state index in [0.29, 0.717) is 5.52 Å². The van der Waals surface area contributed by atoms with E-state index in [2.05, 4.69) is 4.98 Å². The standard InChI is InChI=1S/C13H6F3NO2/c14-8-3-2-7(11(15)12(8)16)13-17-9-4-1-6(18)5-10(9)19-13/h1-5,18H. The SMILES string of the molecule is Oc1ccc2nc(-c3ccc(F)c(F)c3F)oc2c1. The second-order valence-electron chi connectivity index (χ2n) is 3.89. The largest absolute Gasteiger partial charge is 0.508 e. The number of nitrogens with zero attached hydrogens (tertiary/aromatic N) is 1. The summed E-state index contributed by atoms with van der Waals surface area (Å²) in [5, 5.41) is 9.27. The van der Waals surface area contributed by atoms with Gasteiger partial charge in [-0.05, 0) is 24.3 Å². The molecular weight excluding hydrogens is 259 g/mol. The first kappa shape index (κ1) is 11.6. The van der Waals surface area contributed by atoms with E-state index in [9.17, 15) is 18.3 Å². The van der Waals surface area contributed by atoms with Crippen LogP contribution in [0.5, 0.6) is 5.75 Å². The highest BCUT2D eigenvalue weighted by Crippen LogP contribution is 2.29. The summed E-state index contributed by atoms with van der Waals surface area (Å²) in [5.74, 6) is -4.45. The van der Waals surface area contributed by atoms with Crippen LogP contribution in [0.25, 0.3) is 22.6 Å². The van der Waals surface area contributed by atoms with Gasteiger partial charge in [-0.15, -0.1) is 0 Å². The van der Waals surface area contributed by atoms with Crippen LogP contribution in [0.4, 0.5) is 13.2 Å². The summed E-state index contributed by atoms with van der Waals surface area (Å²) in [5.41, 5.74) is 0.311. The zero-order valence-electron chi connectivity index (χ0n) is 9.32. The van der Waals surface area contributed by atoms with Gasteiger partial charge in [0.05, 0.1) is 5.56 Å². The molecule has 1 heterocycles. The Morgan fingerprint density at radius 2 is 1.79 bits per heavy atom. The zero-order chi connectivity index (χ0) is 13.6. The van der Waals surface area contributed by atoms with E-state index in [1.165, 1.54) is 18.2 Å². The Morgan fingerprint density at radius 3 is 2.58 bits per heavy atom. The lowest BCUT2D eigenvalue weighted by atomic mass is 10.2. The van der Waals surface area contributed by atoms with E-state index in [1.807, 2.05) is 0 Å². The van der Waals surface area contributed by atoms with Gasteiger partial charge in [0.2, 0.25) is 5.89 Å². The fraction of sp³-hybridized carbons (Fsp3) is 0. The fourth-order valence-electron chi connectivity index (χ4n) is 1.72. The molecule has 0 saturated heterocycles. The molecule has 6 heteroatoms. The Kier molecular flexibility index (Phi) is 2.45. The van der Waals surface area contributed by atoms with Crippen LogP contribution in [-0.2, 0) is 0 Å². The molecule has 19 heavy (non-hydrogen) atoms. The van der Waals surface area contributed by atoms with E-state index in [0.717, 1.165) is 12.1 Å². The summed E-state index contributed by atoms with van der Waals surface area (Å²) in [6.07, 6.45) is 0. The van der Waals surface area contributed by atoms with Gasteiger partial charge < -0.3 is 9.52 Å². The van der Waals surface area contributed by atoms with Gasteiger partial charge in [0.15, 0.2) is 23.0 Å². The number of oxazole rings is 1. The van der Waals surface area contributed by atoms with E-state index in [1.54, 1.807) is 0 Å². The molecule has 0 aliphatic carbocycles. The zero-order valence-corrected chi connectivity index (χ0v) is 9.32. The minimum atomic E-state index is -1.58. The second kappa shape index (κ2) is 4.01. The van der Waals surface area contributed by atoms with Crippen LogP contribution >= 0.6 is 0 Å². The highest BCUT2D eigenvalue weighted by molar-refractivity contribution is 5.77. The number of aromatic nitrogens is 1. The van der Waals surface area contributed by atoms with Crippen molar-refractivity contribution < 1.29 is 22.7 Å². The summed E-state index contributed by atoms with van der Waals surface area (Å²) < 4.78 is 44.8. The van der Waals surface area contributed by atoms with Gasteiger partial charge in [0.25, 0.3) is 0 Å². The van der Waals surface area contributed by atoms with E-state index < -0.39 is 17.5 Å². The monoisotopic (exact) mass is 265 g/mol. The van der Waals surface area contributed by atoms with Gasteiger partial charge in [-0.3, -0.25) is 0 Å². The van der Waals surface area contributed by atoms with Gasteiger partial charge in [-0.1, -0.05) is 0 Å². The molecule has 3 nitrogen and oxygen atoms in total. The number of phenolic OH excluding ortho intramolecular Hbond substituents is 1. The number of fused-ring (bicyclic) bond motifs is 1. The van der Waals surface area contributed by atoms with Gasteiger partial charge in [0.1, 0.15) is 11.3 Å². The summed E-state index contributed by atoms with van der Waals surface area (Å²) in [4.78, 5) is 3.95. The van der Waals surface area contributed by atoms with Crippen molar-refractivity contribution in [3.8, 4) is 17.2 Å². The predicted molar refractivity (Wildman–Crippen MR) is 61.0 cm³/mol. The van der Waals surface area contributed by atoms with E-state index in [4.69, 9.17) is 4.42 Å². The van der Waals surface area contributed by atoms with Crippen molar-refractivity contribution in [1.29, 1.82) is 0 Å². The lowest BCUT2D eigenvalue weighted by molar-refractivity contribution is 0.446. The molecule has 0 bridgehead atoms. The molecule has 96 valence electrons. The molecule has 0 fully saturated rings. The first-order valence-electron chi connectivity index (χ1n) is 5.29. The summed E-state index contributed by atoms with van der Waals surface area (Å²) >= 11 is 0. The second-order valence-corrected chi connectivity index (χ2v) is 3.89. The minimum Gasteiger partial charge on any atom is -0.508 e. The van der Waals surface area contributed by atoms with Crippen LogP contribution in [0.3, 0.4) is 0 Å². The Balaban J connectivity index is 2.22. The van der Waals surface area contributed by atoms with Gasteiger partial charge in [-0.25, -0.2) is 18.2 Å². The van der Waals surface area contributed by atoms with Gasteiger partial charge in [-0.2, -0.15) is 0 Å². The summed E-state index contributed by atoms with van der Waals surface area (Å²) in [6.45, 7) is 0. The third-order valence-corrected chi connectivity index (χ3v) is 2.64. The van der Waals surface area contributed by atoms with Crippen molar-refractivity contribution in [2.24, 2.45) is 0 Å². The third-order valence-electron chi connectivity index (χ3n) is 2.64. The van der Waals surface area contributed by atoms with Crippen molar-refractivity contribution in [3.05, 3.63) is 47.8 Å². The minimum absolute atomic E-state index is 0.0408. The molecule has 0 atom stereocenters. The van der Waals surface area contributed by atoms with Gasteiger partial charge in [0, 0.05) is 6.07 Å². The van der Waals surface area contributed by atoms with Crippen LogP contribution in [0.15, 0.2) is 34.7 Å². The Hall–Kier alpha value is -2.50. The van der Waals surface area contributed by atoms with Crippen LogP contribution in [0.1, 0.15) is 0 Å². The predicted octanol–water partition coefficient (Wildman–Crippen LogP) is 3.62. The molecule has 0 aliphatic heterocycles. The molecule has 2 aromatic carbocycles. The molecular formula is C13H6F3NO2. The molecule has 0 amide bonds. The number of rotatable bonds is 1. The first-order chi connectivity index (χ1) is 9.06. The number of aromatic hydroxyl groups is 1. The molecule has 3 rings (SSSR count). The Labute approximate surface area is 104 Å². The molecule has 0 aliphatic rings. The maximum atomic E-state index is 13.6. The third kappa shape index (κ3) is 1.81. The quantitative estimate of drug-likeness (QED) is 0.683. The Morgan fingerprint density at radius 1 is 1.00 bits per heavy atom. The highest BCUT2D eigenvalue weighted by Gasteiger charge is 2.18. The molecule has 1 N–H and O–H groups in total.